The minimum atomic E-state index is -0.0572. The molecule has 4 rings (SSSR count). The molecule has 23 heavy (non-hydrogen) atoms. The molecule has 8 heteroatoms. The Hall–Kier alpha value is -2.06. The zero-order chi connectivity index (χ0) is 16.0. The van der Waals surface area contributed by atoms with Crippen LogP contribution in [0, 0.1) is 6.92 Å². The Morgan fingerprint density at radius 1 is 1.13 bits per heavy atom. The van der Waals surface area contributed by atoms with Gasteiger partial charge in [-0.2, -0.15) is 0 Å². The van der Waals surface area contributed by atoms with E-state index in [0.29, 0.717) is 0 Å². The molecule has 3 aromatic rings. The molecule has 1 aliphatic heterocycles. The number of hydrogen-bond donors (Lipinski definition) is 1. The van der Waals surface area contributed by atoms with Crippen LogP contribution >= 0.6 is 11.3 Å². The largest absolute Gasteiger partial charge is 0.347 e. The van der Waals surface area contributed by atoms with E-state index in [1.54, 1.807) is 11.3 Å². The normalized spacial score (nSPS) is 17.8. The fourth-order valence-corrected chi connectivity index (χ4v) is 3.67. The number of imidazole rings is 1. The maximum atomic E-state index is 6.21. The molecule has 0 radical (unpaired) electrons. The molecule has 0 unspecified atom stereocenters. The van der Waals surface area contributed by atoms with Crippen LogP contribution in [0.5, 0.6) is 0 Å². The highest BCUT2D eigenvalue weighted by molar-refractivity contribution is 7.20. The standard InChI is InChI=1S/C15H19N7S/c1-10-17-7-11(8-18-10)12-9-19-13-22(12)20-14(23-13)21-5-3-15(2,16)4-6-21/h7-9H,3-6,16H2,1-2H3. The highest BCUT2D eigenvalue weighted by Crippen LogP contribution is 2.30. The van der Waals surface area contributed by atoms with Crippen molar-refractivity contribution in [3.63, 3.8) is 0 Å². The number of nitrogens with zero attached hydrogens (tertiary/aromatic N) is 6. The van der Waals surface area contributed by atoms with Gasteiger partial charge >= 0.3 is 0 Å². The topological polar surface area (TPSA) is 85.2 Å². The summed E-state index contributed by atoms with van der Waals surface area (Å²) in [6.45, 7) is 5.87. The van der Waals surface area contributed by atoms with E-state index >= 15 is 0 Å². The minimum Gasteiger partial charge on any atom is -0.347 e. The molecule has 0 spiro atoms. The summed E-state index contributed by atoms with van der Waals surface area (Å²) in [5.41, 5.74) is 8.00. The highest BCUT2D eigenvalue weighted by atomic mass is 32.1. The van der Waals surface area contributed by atoms with Gasteiger partial charge < -0.3 is 10.6 Å². The van der Waals surface area contributed by atoms with Crippen molar-refractivity contribution >= 4 is 21.4 Å². The van der Waals surface area contributed by atoms with E-state index in [2.05, 4.69) is 26.8 Å². The lowest BCUT2D eigenvalue weighted by Crippen LogP contribution is -2.48. The molecule has 3 aromatic heterocycles. The summed E-state index contributed by atoms with van der Waals surface area (Å²) in [6.07, 6.45) is 7.40. The Labute approximate surface area is 138 Å². The van der Waals surface area contributed by atoms with Gasteiger partial charge in [-0.25, -0.2) is 19.5 Å². The first-order valence-electron chi connectivity index (χ1n) is 7.69. The van der Waals surface area contributed by atoms with E-state index in [1.807, 2.05) is 30.0 Å². The summed E-state index contributed by atoms with van der Waals surface area (Å²) in [4.78, 5) is 16.2. The maximum Gasteiger partial charge on any atom is 0.214 e. The van der Waals surface area contributed by atoms with E-state index in [1.165, 1.54) is 0 Å². The van der Waals surface area contributed by atoms with Crippen LogP contribution in [-0.2, 0) is 0 Å². The Morgan fingerprint density at radius 3 is 2.52 bits per heavy atom. The van der Waals surface area contributed by atoms with Gasteiger partial charge in [-0.15, -0.1) is 5.10 Å². The van der Waals surface area contributed by atoms with Crippen LogP contribution in [0.3, 0.4) is 0 Å². The Bertz CT molecular complexity index is 823. The predicted molar refractivity (Wildman–Crippen MR) is 90.7 cm³/mol. The van der Waals surface area contributed by atoms with Crippen molar-refractivity contribution < 1.29 is 0 Å². The lowest BCUT2D eigenvalue weighted by Gasteiger charge is -2.36. The molecule has 7 nitrogen and oxygen atoms in total. The quantitative estimate of drug-likeness (QED) is 0.772. The first kappa shape index (κ1) is 14.5. The third-order valence-corrected chi connectivity index (χ3v) is 5.31. The Balaban J connectivity index is 1.66. The smallest absolute Gasteiger partial charge is 0.214 e. The number of fused-ring (bicyclic) bond motifs is 1. The highest BCUT2D eigenvalue weighted by Gasteiger charge is 2.27. The third kappa shape index (κ3) is 2.68. The number of nitrogens with two attached hydrogens (primary N) is 1. The fourth-order valence-electron chi connectivity index (χ4n) is 2.74. The fraction of sp³-hybridized carbons (Fsp3) is 0.467. The summed E-state index contributed by atoms with van der Waals surface area (Å²) in [6, 6.07) is 0. The second-order valence-corrected chi connectivity index (χ2v) is 7.32. The van der Waals surface area contributed by atoms with Crippen LogP contribution in [0.15, 0.2) is 18.6 Å². The number of hydrogen-bond acceptors (Lipinski definition) is 7. The monoisotopic (exact) mass is 329 g/mol. The van der Waals surface area contributed by atoms with Crippen molar-refractivity contribution in [2.45, 2.75) is 32.2 Å². The molecule has 0 aliphatic carbocycles. The van der Waals surface area contributed by atoms with Crippen molar-refractivity contribution in [1.82, 2.24) is 24.6 Å². The van der Waals surface area contributed by atoms with E-state index < -0.39 is 0 Å². The molecule has 1 aliphatic rings. The van der Waals surface area contributed by atoms with E-state index in [4.69, 9.17) is 10.8 Å². The third-order valence-electron chi connectivity index (χ3n) is 4.33. The second kappa shape index (κ2) is 5.24. The van der Waals surface area contributed by atoms with Crippen LogP contribution in [-0.4, -0.2) is 43.2 Å². The van der Waals surface area contributed by atoms with Crippen molar-refractivity contribution in [2.24, 2.45) is 5.73 Å². The molecule has 4 heterocycles. The molecule has 0 aromatic carbocycles. The predicted octanol–water partition coefficient (Wildman–Crippen LogP) is 1.87. The van der Waals surface area contributed by atoms with Crippen LogP contribution in [0.25, 0.3) is 16.2 Å². The first-order chi connectivity index (χ1) is 11.0. The molecule has 1 saturated heterocycles. The van der Waals surface area contributed by atoms with E-state index in [0.717, 1.165) is 53.1 Å². The average molecular weight is 329 g/mol. The molecule has 1 fully saturated rings. The van der Waals surface area contributed by atoms with Crippen molar-refractivity contribution in [3.8, 4) is 11.3 Å². The molecule has 120 valence electrons. The lowest BCUT2D eigenvalue weighted by atomic mass is 9.91. The number of aryl methyl sites for hydroxylation is 1. The molecule has 0 amide bonds. The van der Waals surface area contributed by atoms with Gasteiger partial charge in [0.25, 0.3) is 0 Å². The van der Waals surface area contributed by atoms with Gasteiger partial charge in [0.1, 0.15) is 5.82 Å². The number of piperidine rings is 1. The van der Waals surface area contributed by atoms with Crippen molar-refractivity contribution in [3.05, 3.63) is 24.4 Å². The number of rotatable bonds is 2. The van der Waals surface area contributed by atoms with Gasteiger partial charge in [0.05, 0.1) is 11.9 Å². The summed E-state index contributed by atoms with van der Waals surface area (Å²) in [7, 11) is 0. The molecule has 2 N–H and O–H groups in total. The number of aromatic nitrogens is 5. The van der Waals surface area contributed by atoms with Crippen LogP contribution in [0.4, 0.5) is 5.13 Å². The van der Waals surface area contributed by atoms with Crippen LogP contribution in [0.1, 0.15) is 25.6 Å². The molecular weight excluding hydrogens is 310 g/mol. The van der Waals surface area contributed by atoms with E-state index in [-0.39, 0.29) is 5.54 Å². The van der Waals surface area contributed by atoms with Gasteiger partial charge in [-0.05, 0) is 26.7 Å². The summed E-state index contributed by atoms with van der Waals surface area (Å²) in [5, 5.41) is 5.74. The van der Waals surface area contributed by atoms with Gasteiger partial charge in [0.15, 0.2) is 0 Å². The Morgan fingerprint density at radius 2 is 1.83 bits per heavy atom. The zero-order valence-corrected chi connectivity index (χ0v) is 14.0. The molecule has 0 atom stereocenters. The molecular formula is C15H19N7S. The van der Waals surface area contributed by atoms with Crippen molar-refractivity contribution in [2.75, 3.05) is 18.0 Å². The van der Waals surface area contributed by atoms with Gasteiger partial charge in [0, 0.05) is 36.6 Å². The summed E-state index contributed by atoms with van der Waals surface area (Å²) in [5.74, 6) is 0.756. The summed E-state index contributed by atoms with van der Waals surface area (Å²) < 4.78 is 1.88. The number of anilines is 1. The SMILES string of the molecule is Cc1ncc(-c2cnc3sc(N4CCC(C)(N)CC4)nn23)cn1. The second-order valence-electron chi connectivity index (χ2n) is 6.38. The van der Waals surface area contributed by atoms with Gasteiger partial charge in [-0.1, -0.05) is 11.3 Å². The van der Waals surface area contributed by atoms with Gasteiger partial charge in [0.2, 0.25) is 10.1 Å². The van der Waals surface area contributed by atoms with Crippen molar-refractivity contribution in [1.29, 1.82) is 0 Å². The van der Waals surface area contributed by atoms with E-state index in [9.17, 15) is 0 Å². The molecule has 0 saturated carbocycles. The zero-order valence-electron chi connectivity index (χ0n) is 13.2. The van der Waals surface area contributed by atoms with Crippen LogP contribution in [0.2, 0.25) is 0 Å². The lowest BCUT2D eigenvalue weighted by molar-refractivity contribution is 0.363. The van der Waals surface area contributed by atoms with Gasteiger partial charge in [-0.3, -0.25) is 0 Å². The summed E-state index contributed by atoms with van der Waals surface area (Å²) >= 11 is 1.61. The minimum absolute atomic E-state index is 0.0572. The first-order valence-corrected chi connectivity index (χ1v) is 8.51. The molecule has 0 bridgehead atoms. The van der Waals surface area contributed by atoms with Crippen LogP contribution < -0.4 is 10.6 Å². The average Bonchev–Trinajstić information content (AvgIpc) is 3.08. The maximum absolute atomic E-state index is 6.21. The Kier molecular flexibility index (Phi) is 3.31.